The summed E-state index contributed by atoms with van der Waals surface area (Å²) in [6, 6.07) is 1.48. The van der Waals surface area contributed by atoms with Gasteiger partial charge in [0, 0.05) is 30.8 Å². The molecule has 1 unspecified atom stereocenters. The van der Waals surface area contributed by atoms with Crippen molar-refractivity contribution >= 4 is 21.6 Å². The van der Waals surface area contributed by atoms with E-state index in [0.29, 0.717) is 12.4 Å². The lowest BCUT2D eigenvalue weighted by atomic mass is 10.2. The highest BCUT2D eigenvalue weighted by Crippen LogP contribution is 2.10. The van der Waals surface area contributed by atoms with E-state index in [9.17, 15) is 13.2 Å². The molecule has 0 radical (unpaired) electrons. The van der Waals surface area contributed by atoms with Crippen LogP contribution in [0.15, 0.2) is 6.07 Å². The molecular formula is C12H20N4O3S. The van der Waals surface area contributed by atoms with Crippen LogP contribution < -0.4 is 10.6 Å². The molecule has 2 heterocycles. The molecule has 1 amide bonds. The van der Waals surface area contributed by atoms with E-state index in [0.717, 1.165) is 18.5 Å². The summed E-state index contributed by atoms with van der Waals surface area (Å²) < 4.78 is 23.0. The van der Waals surface area contributed by atoms with Crippen LogP contribution >= 0.6 is 0 Å². The highest BCUT2D eigenvalue weighted by molar-refractivity contribution is 7.91. The number of aryl methyl sites for hydroxylation is 1. The number of H-pyrrole nitrogens is 1. The van der Waals surface area contributed by atoms with E-state index in [-0.39, 0.29) is 29.9 Å². The van der Waals surface area contributed by atoms with E-state index >= 15 is 0 Å². The Bertz CT molecular complexity index is 567. The minimum absolute atomic E-state index is 0.0159. The van der Waals surface area contributed by atoms with Crippen molar-refractivity contribution in [2.45, 2.75) is 32.2 Å². The normalized spacial score (nSPS) is 21.6. The van der Waals surface area contributed by atoms with Crippen LogP contribution in [0.25, 0.3) is 0 Å². The molecule has 2 rings (SSSR count). The Balaban J connectivity index is 1.85. The van der Waals surface area contributed by atoms with Crippen LogP contribution in [0.4, 0.5) is 5.82 Å². The van der Waals surface area contributed by atoms with Gasteiger partial charge >= 0.3 is 0 Å². The Morgan fingerprint density at radius 1 is 1.55 bits per heavy atom. The summed E-state index contributed by atoms with van der Waals surface area (Å²) in [6.45, 7) is 2.47. The third kappa shape index (κ3) is 4.31. The first-order chi connectivity index (χ1) is 9.48. The number of nitrogens with zero attached hydrogens (tertiary/aromatic N) is 1. The van der Waals surface area contributed by atoms with Gasteiger partial charge in [0.25, 0.3) is 0 Å². The minimum Gasteiger partial charge on any atom is -0.311 e. The van der Waals surface area contributed by atoms with Crippen molar-refractivity contribution in [3.63, 3.8) is 0 Å². The Labute approximate surface area is 118 Å². The lowest BCUT2D eigenvalue weighted by molar-refractivity contribution is -0.116. The summed E-state index contributed by atoms with van der Waals surface area (Å²) in [5.74, 6) is 0.415. The number of rotatable bonds is 5. The lowest BCUT2D eigenvalue weighted by Crippen LogP contribution is -2.46. The first-order valence-electron chi connectivity index (χ1n) is 6.76. The van der Waals surface area contributed by atoms with E-state index in [4.69, 9.17) is 0 Å². The summed E-state index contributed by atoms with van der Waals surface area (Å²) in [6.07, 6.45) is 2.01. The Hall–Kier alpha value is -1.41. The zero-order valence-electron chi connectivity index (χ0n) is 11.5. The molecular weight excluding hydrogens is 280 g/mol. The zero-order valence-corrected chi connectivity index (χ0v) is 12.3. The van der Waals surface area contributed by atoms with Crippen LogP contribution in [0, 0.1) is 0 Å². The second kappa shape index (κ2) is 6.36. The third-order valence-corrected chi connectivity index (χ3v) is 4.89. The molecule has 0 aromatic carbocycles. The lowest BCUT2D eigenvalue weighted by Gasteiger charge is -2.22. The topological polar surface area (TPSA) is 104 Å². The maximum absolute atomic E-state index is 11.9. The molecule has 3 N–H and O–H groups in total. The summed E-state index contributed by atoms with van der Waals surface area (Å²) in [5.41, 5.74) is 0.973. The van der Waals surface area contributed by atoms with Crippen molar-refractivity contribution < 1.29 is 13.2 Å². The van der Waals surface area contributed by atoms with Crippen molar-refractivity contribution in [1.29, 1.82) is 0 Å². The van der Waals surface area contributed by atoms with E-state index in [1.54, 1.807) is 6.07 Å². The third-order valence-electron chi connectivity index (χ3n) is 3.15. The van der Waals surface area contributed by atoms with E-state index in [1.165, 1.54) is 0 Å². The highest BCUT2D eigenvalue weighted by Gasteiger charge is 2.26. The Morgan fingerprint density at radius 2 is 2.35 bits per heavy atom. The highest BCUT2D eigenvalue weighted by atomic mass is 32.2. The van der Waals surface area contributed by atoms with E-state index in [2.05, 4.69) is 27.8 Å². The first kappa shape index (κ1) is 15.0. The number of aromatic amines is 1. The fourth-order valence-corrected chi connectivity index (χ4v) is 3.68. The second-order valence-electron chi connectivity index (χ2n) is 5.05. The van der Waals surface area contributed by atoms with Gasteiger partial charge in [0.2, 0.25) is 5.91 Å². The zero-order chi connectivity index (χ0) is 14.6. The molecule has 0 spiro atoms. The molecule has 1 atom stereocenters. The SMILES string of the molecule is CCCc1cc(NC(=O)CC2CS(=O)(=O)CCN2)n[nH]1. The van der Waals surface area contributed by atoms with E-state index < -0.39 is 9.84 Å². The number of hydrogen-bond acceptors (Lipinski definition) is 5. The number of hydrogen-bond donors (Lipinski definition) is 3. The molecule has 0 bridgehead atoms. The van der Waals surface area contributed by atoms with Gasteiger partial charge in [-0.25, -0.2) is 8.42 Å². The Morgan fingerprint density at radius 3 is 3.05 bits per heavy atom. The predicted octanol–water partition coefficient (Wildman–Crippen LogP) is 0.0774. The maximum atomic E-state index is 11.9. The molecule has 1 aromatic rings. The van der Waals surface area contributed by atoms with Gasteiger partial charge < -0.3 is 10.6 Å². The number of aromatic nitrogens is 2. The maximum Gasteiger partial charge on any atom is 0.227 e. The summed E-state index contributed by atoms with van der Waals surface area (Å²) >= 11 is 0. The molecule has 1 saturated heterocycles. The van der Waals surface area contributed by atoms with Gasteiger partial charge in [0.05, 0.1) is 11.5 Å². The van der Waals surface area contributed by atoms with Gasteiger partial charge in [-0.15, -0.1) is 0 Å². The minimum atomic E-state index is -3.02. The van der Waals surface area contributed by atoms with Crippen LogP contribution in [0.5, 0.6) is 0 Å². The number of carbonyl (C=O) groups excluding carboxylic acids is 1. The summed E-state index contributed by atoms with van der Waals surface area (Å²) in [4.78, 5) is 11.9. The number of sulfone groups is 1. The molecule has 1 aliphatic rings. The van der Waals surface area contributed by atoms with Crippen LogP contribution in [0.2, 0.25) is 0 Å². The van der Waals surface area contributed by atoms with Gasteiger partial charge in [0.1, 0.15) is 0 Å². The monoisotopic (exact) mass is 300 g/mol. The average molecular weight is 300 g/mol. The Kier molecular flexibility index (Phi) is 4.77. The smallest absolute Gasteiger partial charge is 0.227 e. The quantitative estimate of drug-likeness (QED) is 0.714. The standard InChI is InChI=1S/C12H20N4O3S/c1-2-3-9-6-11(16-15-9)14-12(17)7-10-8-20(18,19)5-4-13-10/h6,10,13H,2-5,7-8H2,1H3,(H2,14,15,16,17). The van der Waals surface area contributed by atoms with Gasteiger partial charge in [-0.3, -0.25) is 9.89 Å². The molecule has 0 saturated carbocycles. The summed E-state index contributed by atoms with van der Waals surface area (Å²) in [5, 5.41) is 12.6. The number of nitrogens with one attached hydrogen (secondary N) is 3. The van der Waals surface area contributed by atoms with Gasteiger partial charge in [-0.2, -0.15) is 5.10 Å². The van der Waals surface area contributed by atoms with Crippen LogP contribution in [0.3, 0.4) is 0 Å². The molecule has 20 heavy (non-hydrogen) atoms. The van der Waals surface area contributed by atoms with Crippen molar-refractivity contribution in [1.82, 2.24) is 15.5 Å². The fraction of sp³-hybridized carbons (Fsp3) is 0.667. The molecule has 0 aliphatic carbocycles. The van der Waals surface area contributed by atoms with Crippen LogP contribution in [-0.4, -0.2) is 48.6 Å². The largest absolute Gasteiger partial charge is 0.311 e. The second-order valence-corrected chi connectivity index (χ2v) is 7.27. The molecule has 8 heteroatoms. The predicted molar refractivity (Wildman–Crippen MR) is 76.3 cm³/mol. The number of anilines is 1. The van der Waals surface area contributed by atoms with Crippen molar-refractivity contribution in [3.05, 3.63) is 11.8 Å². The molecule has 112 valence electrons. The number of amides is 1. The van der Waals surface area contributed by atoms with Crippen molar-refractivity contribution in [3.8, 4) is 0 Å². The van der Waals surface area contributed by atoms with Gasteiger partial charge in [-0.1, -0.05) is 13.3 Å². The van der Waals surface area contributed by atoms with Crippen molar-refractivity contribution in [2.75, 3.05) is 23.4 Å². The first-order valence-corrected chi connectivity index (χ1v) is 8.58. The number of carbonyl (C=O) groups is 1. The van der Waals surface area contributed by atoms with E-state index in [1.807, 2.05) is 0 Å². The summed E-state index contributed by atoms with van der Waals surface area (Å²) in [7, 11) is -3.02. The van der Waals surface area contributed by atoms with Crippen LogP contribution in [0.1, 0.15) is 25.5 Å². The van der Waals surface area contributed by atoms with Gasteiger partial charge in [0.15, 0.2) is 15.7 Å². The fourth-order valence-electron chi connectivity index (χ4n) is 2.24. The van der Waals surface area contributed by atoms with Crippen LogP contribution in [-0.2, 0) is 21.1 Å². The van der Waals surface area contributed by atoms with Crippen molar-refractivity contribution in [2.24, 2.45) is 0 Å². The molecule has 1 aromatic heterocycles. The average Bonchev–Trinajstić information content (AvgIpc) is 2.75. The molecule has 1 aliphatic heterocycles. The molecule has 1 fully saturated rings. The molecule has 7 nitrogen and oxygen atoms in total. The van der Waals surface area contributed by atoms with Gasteiger partial charge in [-0.05, 0) is 6.42 Å².